The van der Waals surface area contributed by atoms with Crippen LogP contribution in [0.2, 0.25) is 0 Å². The number of anilines is 1. The molecule has 1 amide bonds. The Morgan fingerprint density at radius 3 is 2.50 bits per heavy atom. The summed E-state index contributed by atoms with van der Waals surface area (Å²) < 4.78 is 0. The number of rotatable bonds is 7. The lowest BCUT2D eigenvalue weighted by Gasteiger charge is -2.33. The van der Waals surface area contributed by atoms with E-state index in [1.54, 1.807) is 0 Å². The van der Waals surface area contributed by atoms with Gasteiger partial charge in [-0.15, -0.1) is 0 Å². The molecule has 0 atom stereocenters. The maximum Gasteiger partial charge on any atom is 0.238 e. The van der Waals surface area contributed by atoms with Crippen LogP contribution in [0.15, 0.2) is 48.5 Å². The number of amides is 1. The van der Waals surface area contributed by atoms with Crippen molar-refractivity contribution >= 4 is 11.6 Å². The summed E-state index contributed by atoms with van der Waals surface area (Å²) >= 11 is 0. The van der Waals surface area contributed by atoms with Crippen LogP contribution in [-0.2, 0) is 11.3 Å². The fraction of sp³-hybridized carbons (Fsp3) is 0.458. The highest BCUT2D eigenvalue weighted by atomic mass is 16.2. The Balaban J connectivity index is 1.40. The smallest absolute Gasteiger partial charge is 0.238 e. The van der Waals surface area contributed by atoms with Crippen molar-refractivity contribution < 1.29 is 4.79 Å². The van der Waals surface area contributed by atoms with Gasteiger partial charge in [0.1, 0.15) is 0 Å². The number of benzene rings is 2. The fourth-order valence-corrected chi connectivity index (χ4v) is 4.01. The van der Waals surface area contributed by atoms with Gasteiger partial charge in [0.25, 0.3) is 0 Å². The molecular weight excluding hydrogens is 346 g/mol. The minimum absolute atomic E-state index is 0.0911. The first-order chi connectivity index (χ1) is 13.5. The van der Waals surface area contributed by atoms with Crippen molar-refractivity contribution in [2.45, 2.75) is 33.2 Å². The minimum atomic E-state index is 0.0911. The number of likely N-dealkylation sites (tertiary alicyclic amines) is 1. The maximum absolute atomic E-state index is 12.4. The summed E-state index contributed by atoms with van der Waals surface area (Å²) in [5.74, 6) is 0.806. The van der Waals surface area contributed by atoms with Gasteiger partial charge in [-0.25, -0.2) is 0 Å². The molecule has 1 heterocycles. The third kappa shape index (κ3) is 5.91. The second-order valence-corrected chi connectivity index (χ2v) is 8.20. The lowest BCUT2D eigenvalue weighted by molar-refractivity contribution is -0.117. The third-order valence-electron chi connectivity index (χ3n) is 5.82. The lowest BCUT2D eigenvalue weighted by atomic mass is 9.96. The predicted octanol–water partition coefficient (Wildman–Crippen LogP) is 4.09. The standard InChI is InChI=1S/C24H33N3O/c1-19-8-7-11-23(20(19)2)25-24(28)18-27-14-12-22(13-15-27)17-26(3)16-21-9-5-4-6-10-21/h4-11,22H,12-18H2,1-3H3,(H,25,28). The van der Waals surface area contributed by atoms with Gasteiger partial charge in [-0.3, -0.25) is 9.69 Å². The summed E-state index contributed by atoms with van der Waals surface area (Å²) in [6.45, 7) is 8.75. The zero-order valence-corrected chi connectivity index (χ0v) is 17.4. The molecule has 0 aliphatic carbocycles. The van der Waals surface area contributed by atoms with E-state index in [1.165, 1.54) is 11.1 Å². The number of hydrogen-bond donors (Lipinski definition) is 1. The van der Waals surface area contributed by atoms with Gasteiger partial charge >= 0.3 is 0 Å². The van der Waals surface area contributed by atoms with E-state index in [1.807, 2.05) is 12.1 Å². The molecule has 4 nitrogen and oxygen atoms in total. The molecule has 2 aromatic rings. The average Bonchev–Trinajstić information content (AvgIpc) is 2.68. The van der Waals surface area contributed by atoms with Crippen LogP contribution in [-0.4, -0.2) is 48.9 Å². The summed E-state index contributed by atoms with van der Waals surface area (Å²) in [7, 11) is 2.21. The molecular formula is C24H33N3O. The van der Waals surface area contributed by atoms with Crippen molar-refractivity contribution in [1.82, 2.24) is 9.80 Å². The van der Waals surface area contributed by atoms with E-state index in [0.29, 0.717) is 12.5 Å². The van der Waals surface area contributed by atoms with Crippen molar-refractivity contribution in [1.29, 1.82) is 0 Å². The molecule has 1 saturated heterocycles. The first-order valence-corrected chi connectivity index (χ1v) is 10.3. The summed E-state index contributed by atoms with van der Waals surface area (Å²) in [4.78, 5) is 17.2. The summed E-state index contributed by atoms with van der Waals surface area (Å²) in [6, 6.07) is 16.7. The molecule has 1 aliphatic heterocycles. The van der Waals surface area contributed by atoms with Gasteiger partial charge in [0.2, 0.25) is 5.91 Å². The van der Waals surface area contributed by atoms with Gasteiger partial charge in [-0.1, -0.05) is 42.5 Å². The molecule has 0 aromatic heterocycles. The largest absolute Gasteiger partial charge is 0.325 e. The Kier molecular flexibility index (Phi) is 7.24. The van der Waals surface area contributed by atoms with Crippen molar-refractivity contribution in [3.8, 4) is 0 Å². The van der Waals surface area contributed by atoms with E-state index in [9.17, 15) is 4.79 Å². The maximum atomic E-state index is 12.4. The molecule has 0 radical (unpaired) electrons. The zero-order valence-electron chi connectivity index (χ0n) is 17.4. The van der Waals surface area contributed by atoms with Gasteiger partial charge in [0.05, 0.1) is 6.54 Å². The van der Waals surface area contributed by atoms with Crippen LogP contribution in [0.5, 0.6) is 0 Å². The van der Waals surface area contributed by atoms with Gasteiger partial charge in [0.15, 0.2) is 0 Å². The van der Waals surface area contributed by atoms with E-state index in [2.05, 4.69) is 72.4 Å². The molecule has 150 valence electrons. The first-order valence-electron chi connectivity index (χ1n) is 10.3. The molecule has 0 spiro atoms. The molecule has 0 unspecified atom stereocenters. The zero-order chi connectivity index (χ0) is 19.9. The second kappa shape index (κ2) is 9.85. The highest BCUT2D eigenvalue weighted by molar-refractivity contribution is 5.93. The van der Waals surface area contributed by atoms with Crippen LogP contribution in [0.1, 0.15) is 29.5 Å². The van der Waals surface area contributed by atoms with Gasteiger partial charge in [-0.2, -0.15) is 0 Å². The lowest BCUT2D eigenvalue weighted by Crippen LogP contribution is -2.41. The molecule has 1 N–H and O–H groups in total. The Bertz CT molecular complexity index is 767. The number of aryl methyl sites for hydroxylation is 1. The van der Waals surface area contributed by atoms with Crippen LogP contribution in [0.25, 0.3) is 0 Å². The highest BCUT2D eigenvalue weighted by Gasteiger charge is 2.22. The fourth-order valence-electron chi connectivity index (χ4n) is 4.01. The number of hydrogen-bond acceptors (Lipinski definition) is 3. The van der Waals surface area contributed by atoms with Crippen LogP contribution in [0.4, 0.5) is 5.69 Å². The molecule has 28 heavy (non-hydrogen) atoms. The van der Waals surface area contributed by atoms with Crippen molar-refractivity contribution in [3.05, 3.63) is 65.2 Å². The third-order valence-corrected chi connectivity index (χ3v) is 5.82. The van der Waals surface area contributed by atoms with E-state index >= 15 is 0 Å². The molecule has 2 aromatic carbocycles. The van der Waals surface area contributed by atoms with E-state index in [4.69, 9.17) is 0 Å². The Labute approximate surface area is 169 Å². The summed E-state index contributed by atoms with van der Waals surface area (Å²) in [5.41, 5.74) is 4.65. The van der Waals surface area contributed by atoms with Crippen molar-refractivity contribution in [2.75, 3.05) is 38.5 Å². The van der Waals surface area contributed by atoms with E-state index in [-0.39, 0.29) is 5.91 Å². The number of carbonyl (C=O) groups is 1. The van der Waals surface area contributed by atoms with Crippen LogP contribution < -0.4 is 5.32 Å². The van der Waals surface area contributed by atoms with Crippen LogP contribution in [0, 0.1) is 19.8 Å². The Hall–Kier alpha value is -2.17. The second-order valence-electron chi connectivity index (χ2n) is 8.20. The van der Waals surface area contributed by atoms with Crippen molar-refractivity contribution in [2.24, 2.45) is 5.92 Å². The Morgan fingerprint density at radius 1 is 1.07 bits per heavy atom. The van der Waals surface area contributed by atoms with Crippen LogP contribution >= 0.6 is 0 Å². The topological polar surface area (TPSA) is 35.6 Å². The highest BCUT2D eigenvalue weighted by Crippen LogP contribution is 2.20. The summed E-state index contributed by atoms with van der Waals surface area (Å²) in [6.07, 6.45) is 2.33. The van der Waals surface area contributed by atoms with E-state index < -0.39 is 0 Å². The SMILES string of the molecule is Cc1cccc(NC(=O)CN2CCC(CN(C)Cc3ccccc3)CC2)c1C. The minimum Gasteiger partial charge on any atom is -0.325 e. The van der Waals surface area contributed by atoms with Gasteiger partial charge < -0.3 is 10.2 Å². The van der Waals surface area contributed by atoms with Gasteiger partial charge in [-0.05, 0) is 75.5 Å². The monoisotopic (exact) mass is 379 g/mol. The summed E-state index contributed by atoms with van der Waals surface area (Å²) in [5, 5.41) is 3.08. The van der Waals surface area contributed by atoms with Crippen LogP contribution in [0.3, 0.4) is 0 Å². The number of piperidine rings is 1. The quantitative estimate of drug-likeness (QED) is 0.787. The molecule has 3 rings (SSSR count). The molecule has 0 bridgehead atoms. The average molecular weight is 380 g/mol. The normalized spacial score (nSPS) is 15.7. The van der Waals surface area contributed by atoms with Gasteiger partial charge in [0, 0.05) is 18.8 Å². The number of carbonyl (C=O) groups excluding carboxylic acids is 1. The Morgan fingerprint density at radius 2 is 1.79 bits per heavy atom. The molecule has 4 heteroatoms. The van der Waals surface area contributed by atoms with Crippen molar-refractivity contribution in [3.63, 3.8) is 0 Å². The molecule has 1 aliphatic rings. The molecule has 1 fully saturated rings. The predicted molar refractivity (Wildman–Crippen MR) is 116 cm³/mol. The number of nitrogens with one attached hydrogen (secondary N) is 1. The van der Waals surface area contributed by atoms with E-state index in [0.717, 1.165) is 50.3 Å². The molecule has 0 saturated carbocycles. The first kappa shape index (κ1) is 20.6. The number of nitrogens with zero attached hydrogens (tertiary/aromatic N) is 2.